The van der Waals surface area contributed by atoms with Crippen LogP contribution in [0.3, 0.4) is 0 Å². The lowest BCUT2D eigenvalue weighted by molar-refractivity contribution is 0.475. The van der Waals surface area contributed by atoms with Crippen molar-refractivity contribution in [2.24, 2.45) is 0 Å². The van der Waals surface area contributed by atoms with Crippen molar-refractivity contribution in [2.75, 3.05) is 29.9 Å². The van der Waals surface area contributed by atoms with Crippen molar-refractivity contribution in [3.63, 3.8) is 0 Å². The van der Waals surface area contributed by atoms with Gasteiger partial charge < -0.3 is 9.80 Å². The fourth-order valence-electron chi connectivity index (χ4n) is 3.35. The first-order valence-corrected chi connectivity index (χ1v) is 8.56. The van der Waals surface area contributed by atoms with Crippen LogP contribution in [0, 0.1) is 13.8 Å². The number of piperidine rings is 1. The van der Waals surface area contributed by atoms with Crippen molar-refractivity contribution in [3.05, 3.63) is 36.2 Å². The van der Waals surface area contributed by atoms with Gasteiger partial charge in [0.25, 0.3) is 0 Å². The molecule has 130 valence electrons. The molecule has 0 radical (unpaired) electrons. The summed E-state index contributed by atoms with van der Waals surface area (Å²) in [5.41, 5.74) is 1.91. The highest BCUT2D eigenvalue weighted by Gasteiger charge is 2.26. The molecule has 0 unspecified atom stereocenters. The molecule has 8 heteroatoms. The Bertz CT molecular complexity index is 864. The van der Waals surface area contributed by atoms with Gasteiger partial charge in [-0.25, -0.2) is 15.0 Å². The van der Waals surface area contributed by atoms with Crippen molar-refractivity contribution in [3.8, 4) is 0 Å². The number of aryl methyl sites for hydroxylation is 2. The average molecular weight is 338 g/mol. The van der Waals surface area contributed by atoms with E-state index in [4.69, 9.17) is 0 Å². The Balaban J connectivity index is 1.48. The van der Waals surface area contributed by atoms with E-state index in [0.717, 1.165) is 54.7 Å². The summed E-state index contributed by atoms with van der Waals surface area (Å²) >= 11 is 0. The second-order valence-corrected chi connectivity index (χ2v) is 6.58. The van der Waals surface area contributed by atoms with Crippen LogP contribution >= 0.6 is 0 Å². The summed E-state index contributed by atoms with van der Waals surface area (Å²) in [6.07, 6.45) is 9.52. The van der Waals surface area contributed by atoms with E-state index in [-0.39, 0.29) is 0 Å². The quantitative estimate of drug-likeness (QED) is 0.718. The Morgan fingerprint density at radius 1 is 1.04 bits per heavy atom. The fourth-order valence-corrected chi connectivity index (χ4v) is 3.35. The van der Waals surface area contributed by atoms with Crippen LogP contribution in [-0.2, 0) is 0 Å². The van der Waals surface area contributed by atoms with Gasteiger partial charge in [-0.3, -0.25) is 4.40 Å². The van der Waals surface area contributed by atoms with E-state index in [1.807, 2.05) is 43.0 Å². The summed E-state index contributed by atoms with van der Waals surface area (Å²) in [5, 5.41) is 8.44. The Morgan fingerprint density at radius 3 is 2.48 bits per heavy atom. The first-order valence-electron chi connectivity index (χ1n) is 8.56. The summed E-state index contributed by atoms with van der Waals surface area (Å²) in [7, 11) is 2.08. The van der Waals surface area contributed by atoms with E-state index < -0.39 is 0 Å². The van der Waals surface area contributed by atoms with E-state index in [1.165, 1.54) is 0 Å². The maximum Gasteiger partial charge on any atom is 0.225 e. The maximum absolute atomic E-state index is 4.55. The normalized spacial score (nSPS) is 15.7. The largest absolute Gasteiger partial charge is 0.353 e. The zero-order chi connectivity index (χ0) is 17.4. The molecule has 4 heterocycles. The third kappa shape index (κ3) is 2.88. The highest BCUT2D eigenvalue weighted by atomic mass is 15.3. The molecule has 25 heavy (non-hydrogen) atoms. The number of fused-ring (bicyclic) bond motifs is 1. The maximum atomic E-state index is 4.55. The summed E-state index contributed by atoms with van der Waals surface area (Å²) in [6, 6.07) is 0.429. The van der Waals surface area contributed by atoms with Crippen molar-refractivity contribution < 1.29 is 0 Å². The van der Waals surface area contributed by atoms with Gasteiger partial charge in [0.1, 0.15) is 5.82 Å². The Labute approximate surface area is 146 Å². The van der Waals surface area contributed by atoms with Gasteiger partial charge in [-0.2, -0.15) is 0 Å². The Hall–Kier alpha value is -2.77. The molecule has 1 fully saturated rings. The molecule has 3 aromatic rings. The molecule has 0 aromatic carbocycles. The van der Waals surface area contributed by atoms with Crippen LogP contribution in [0.1, 0.15) is 24.2 Å². The van der Waals surface area contributed by atoms with Crippen molar-refractivity contribution in [1.82, 2.24) is 29.5 Å². The van der Waals surface area contributed by atoms with Crippen molar-refractivity contribution >= 4 is 17.4 Å². The van der Waals surface area contributed by atoms with Crippen LogP contribution < -0.4 is 9.80 Å². The number of rotatable bonds is 3. The molecule has 0 saturated carbocycles. The lowest BCUT2D eigenvalue weighted by Crippen LogP contribution is -2.44. The zero-order valence-corrected chi connectivity index (χ0v) is 14.8. The minimum atomic E-state index is 0.429. The number of anilines is 2. The molecule has 0 N–H and O–H groups in total. The van der Waals surface area contributed by atoms with Crippen LogP contribution in [0.25, 0.3) is 5.65 Å². The lowest BCUT2D eigenvalue weighted by Gasteiger charge is -2.37. The summed E-state index contributed by atoms with van der Waals surface area (Å²) in [5.74, 6) is 2.58. The van der Waals surface area contributed by atoms with Crippen LogP contribution in [0.4, 0.5) is 11.8 Å². The Morgan fingerprint density at radius 2 is 1.76 bits per heavy atom. The van der Waals surface area contributed by atoms with Gasteiger partial charge in [-0.05, 0) is 32.3 Å². The molecular weight excluding hydrogens is 316 g/mol. The molecule has 0 amide bonds. The lowest BCUT2D eigenvalue weighted by atomic mass is 10.0. The number of aromatic nitrogens is 6. The van der Waals surface area contributed by atoms with E-state index >= 15 is 0 Å². The number of nitrogens with zero attached hydrogens (tertiary/aromatic N) is 8. The van der Waals surface area contributed by atoms with Gasteiger partial charge >= 0.3 is 0 Å². The van der Waals surface area contributed by atoms with Crippen LogP contribution in [0.15, 0.2) is 24.8 Å². The Kier molecular flexibility index (Phi) is 3.95. The summed E-state index contributed by atoms with van der Waals surface area (Å²) in [4.78, 5) is 17.9. The smallest absolute Gasteiger partial charge is 0.225 e. The number of hydrogen-bond donors (Lipinski definition) is 0. The highest BCUT2D eigenvalue weighted by molar-refractivity contribution is 5.64. The van der Waals surface area contributed by atoms with Crippen LogP contribution in [-0.4, -0.2) is 55.7 Å². The van der Waals surface area contributed by atoms with Gasteiger partial charge in [-0.1, -0.05) is 0 Å². The zero-order valence-electron chi connectivity index (χ0n) is 14.8. The topological polar surface area (TPSA) is 75.3 Å². The van der Waals surface area contributed by atoms with E-state index in [1.54, 1.807) is 0 Å². The summed E-state index contributed by atoms with van der Waals surface area (Å²) < 4.78 is 1.99. The molecule has 0 atom stereocenters. The molecule has 4 rings (SSSR count). The molecule has 8 nitrogen and oxygen atoms in total. The molecule has 1 aliphatic rings. The van der Waals surface area contributed by atoms with E-state index in [2.05, 4.69) is 42.0 Å². The minimum Gasteiger partial charge on any atom is -0.353 e. The van der Waals surface area contributed by atoms with Gasteiger partial charge in [0.15, 0.2) is 5.82 Å². The van der Waals surface area contributed by atoms with Gasteiger partial charge in [0, 0.05) is 51.0 Å². The fraction of sp³-hybridized carbons (Fsp3) is 0.471. The van der Waals surface area contributed by atoms with Gasteiger partial charge in [-0.15, -0.1) is 10.2 Å². The van der Waals surface area contributed by atoms with Crippen molar-refractivity contribution in [1.29, 1.82) is 0 Å². The highest BCUT2D eigenvalue weighted by Crippen LogP contribution is 2.24. The molecule has 0 bridgehead atoms. The minimum absolute atomic E-state index is 0.429. The third-order valence-corrected chi connectivity index (χ3v) is 4.87. The van der Waals surface area contributed by atoms with Gasteiger partial charge in [0.2, 0.25) is 11.6 Å². The van der Waals surface area contributed by atoms with Crippen LogP contribution in [0.2, 0.25) is 0 Å². The second kappa shape index (κ2) is 6.27. The first-order chi connectivity index (χ1) is 12.1. The average Bonchev–Trinajstić information content (AvgIpc) is 3.03. The monoisotopic (exact) mass is 338 g/mol. The van der Waals surface area contributed by atoms with Crippen LogP contribution in [0.5, 0.6) is 0 Å². The third-order valence-electron chi connectivity index (χ3n) is 4.87. The molecule has 0 spiro atoms. The number of hydrogen-bond acceptors (Lipinski definition) is 7. The van der Waals surface area contributed by atoms with Crippen molar-refractivity contribution in [2.45, 2.75) is 32.7 Å². The predicted octanol–water partition coefficient (Wildman–Crippen LogP) is 1.64. The molecule has 3 aromatic heterocycles. The van der Waals surface area contributed by atoms with E-state index in [9.17, 15) is 0 Å². The van der Waals surface area contributed by atoms with Gasteiger partial charge in [0.05, 0.1) is 0 Å². The van der Waals surface area contributed by atoms with E-state index in [0.29, 0.717) is 6.04 Å². The molecular formula is C17H22N8. The SMILES string of the molecule is Cc1cnc(N(C)C2CCN(c3nccn4c(C)nnc34)CC2)nc1. The standard InChI is InChI=1S/C17H22N8/c1-12-10-19-17(20-11-12)23(3)14-4-7-24(8-5-14)15-16-22-21-13(2)25(16)9-6-18-15/h6,9-11,14H,4-5,7-8H2,1-3H3. The predicted molar refractivity (Wildman–Crippen MR) is 95.9 cm³/mol. The molecule has 1 aliphatic heterocycles. The summed E-state index contributed by atoms with van der Waals surface area (Å²) in [6.45, 7) is 5.81. The molecule has 0 aliphatic carbocycles. The second-order valence-electron chi connectivity index (χ2n) is 6.58. The molecule has 1 saturated heterocycles. The first kappa shape index (κ1) is 15.7.